The third-order valence-electron chi connectivity index (χ3n) is 6.13. The quantitative estimate of drug-likeness (QED) is 0.0907. The van der Waals surface area contributed by atoms with Gasteiger partial charge in [0.2, 0.25) is 6.73 Å². The highest BCUT2D eigenvalue weighted by molar-refractivity contribution is 6.99. The molecule has 0 fully saturated rings. The van der Waals surface area contributed by atoms with Crippen LogP contribution in [0, 0.1) is 0 Å². The summed E-state index contributed by atoms with van der Waals surface area (Å²) in [6.07, 6.45) is -14.8. The average molecular weight is 546 g/mol. The standard InChI is InChI=1S/C30H34N3O4S/c1-3-4-5-8-16-35-29-28(31-38-32-29)25-12-9-15-33(2,20-25)21-36-30(34)37-27-14-13-24-17-22-10-6-7-11-23(22)18-26(24)19-27/h6-7,10-14,17-19H,3-5,8-9,15-16,20-21H2,1-2H3/q+1/i1D3,3D2,4D2,5D2,8D2,16D2. The molecule has 1 atom stereocenters. The molecule has 0 amide bonds. The number of hydrogen-bond acceptors (Lipinski definition) is 7. The van der Waals surface area contributed by atoms with Crippen LogP contribution in [0.4, 0.5) is 4.79 Å². The molecule has 2 heterocycles. The molecule has 5 rings (SSSR count). The minimum atomic E-state index is -4.09. The van der Waals surface area contributed by atoms with Gasteiger partial charge in [0, 0.05) is 27.1 Å². The van der Waals surface area contributed by atoms with Gasteiger partial charge in [0.15, 0.2) is 0 Å². The first-order chi connectivity index (χ1) is 23.4. The summed E-state index contributed by atoms with van der Waals surface area (Å²) in [6, 6.07) is 17.2. The number of hydrogen-bond donors (Lipinski definition) is 0. The van der Waals surface area contributed by atoms with Crippen molar-refractivity contribution < 1.29 is 41.3 Å². The summed E-state index contributed by atoms with van der Waals surface area (Å²) < 4.78 is 128. The molecule has 38 heavy (non-hydrogen) atoms. The Bertz CT molecular complexity index is 1980. The van der Waals surface area contributed by atoms with Crippen molar-refractivity contribution in [3.05, 3.63) is 66.4 Å². The lowest BCUT2D eigenvalue weighted by molar-refractivity contribution is -0.919. The summed E-state index contributed by atoms with van der Waals surface area (Å²) in [5.41, 5.74) is 0.441. The Balaban J connectivity index is 1.27. The molecule has 4 aromatic rings. The van der Waals surface area contributed by atoms with Gasteiger partial charge in [-0.3, -0.25) is 4.48 Å². The fourth-order valence-corrected chi connectivity index (χ4v) is 4.82. The fourth-order valence-electron chi connectivity index (χ4n) is 4.31. The van der Waals surface area contributed by atoms with Crippen LogP contribution >= 0.6 is 11.7 Å². The van der Waals surface area contributed by atoms with Crippen LogP contribution in [0.5, 0.6) is 11.6 Å². The van der Waals surface area contributed by atoms with Crippen LogP contribution in [-0.2, 0) is 4.74 Å². The second-order valence-electron chi connectivity index (χ2n) is 8.98. The normalized spacial score (nSPS) is 24.7. The number of aromatic nitrogens is 2. The molecule has 0 N–H and O–H groups in total. The van der Waals surface area contributed by atoms with E-state index in [4.69, 9.17) is 32.0 Å². The van der Waals surface area contributed by atoms with E-state index < -0.39 is 50.9 Å². The molecule has 7 nitrogen and oxygen atoms in total. The summed E-state index contributed by atoms with van der Waals surface area (Å²) in [7, 11) is 1.79. The first-order valence-electron chi connectivity index (χ1n) is 18.2. The van der Waals surface area contributed by atoms with Gasteiger partial charge in [0.05, 0.1) is 34.6 Å². The Hall–Kier alpha value is -3.49. The Kier molecular flexibility index (Phi) is 4.58. The van der Waals surface area contributed by atoms with Crippen LogP contribution in [0.15, 0.2) is 60.7 Å². The molecule has 0 aliphatic carbocycles. The minimum absolute atomic E-state index is 0.0172. The number of nitrogens with zero attached hydrogens (tertiary/aromatic N) is 3. The van der Waals surface area contributed by atoms with Gasteiger partial charge in [-0.05, 0) is 52.2 Å². The molecule has 1 aliphatic heterocycles. The summed E-state index contributed by atoms with van der Waals surface area (Å²) in [5, 5.41) is 3.97. The smallest absolute Gasteiger partial charge is 0.475 e. The van der Waals surface area contributed by atoms with Gasteiger partial charge in [0.1, 0.15) is 18.0 Å². The third kappa shape index (κ3) is 6.31. The Morgan fingerprint density at radius 1 is 1.05 bits per heavy atom. The number of rotatable bonds is 10. The summed E-state index contributed by atoms with van der Waals surface area (Å²) in [4.78, 5) is 12.7. The van der Waals surface area contributed by atoms with Crippen LogP contribution in [0.25, 0.3) is 27.1 Å². The maximum Gasteiger partial charge on any atom is 0.518 e. The van der Waals surface area contributed by atoms with E-state index in [0.29, 0.717) is 36.0 Å². The van der Waals surface area contributed by atoms with E-state index in [1.807, 2.05) is 42.5 Å². The number of carbonyl (C=O) groups is 1. The van der Waals surface area contributed by atoms with Crippen molar-refractivity contribution in [1.29, 1.82) is 0 Å². The second kappa shape index (κ2) is 11.9. The SMILES string of the molecule is [2H]C([2H])([2H])C([2H])([2H])C([2H])([2H])C([2H])([2H])C([2H])([2H])C([2H])([2H])Oc1nsnc1C1=CCC[N+](C)(COC(=O)Oc2ccc3cc4ccccc4cc3c2)C1. The van der Waals surface area contributed by atoms with E-state index in [0.717, 1.165) is 21.5 Å². The van der Waals surface area contributed by atoms with Crippen molar-refractivity contribution in [3.63, 3.8) is 0 Å². The maximum atomic E-state index is 12.7. The first kappa shape index (κ1) is 14.6. The van der Waals surface area contributed by atoms with E-state index in [1.54, 1.807) is 25.3 Å². The van der Waals surface area contributed by atoms with Gasteiger partial charge in [0.25, 0.3) is 5.88 Å². The molecule has 0 saturated carbocycles. The van der Waals surface area contributed by atoms with Crippen LogP contribution < -0.4 is 9.47 Å². The lowest BCUT2D eigenvalue weighted by Crippen LogP contribution is -2.49. The van der Waals surface area contributed by atoms with Crippen LogP contribution in [-0.4, -0.2) is 52.8 Å². The lowest BCUT2D eigenvalue weighted by atomic mass is 10.0. The van der Waals surface area contributed by atoms with Crippen molar-refractivity contribution in [2.24, 2.45) is 0 Å². The fraction of sp³-hybridized carbons (Fsp3) is 0.367. The van der Waals surface area contributed by atoms with Crippen molar-refractivity contribution >= 4 is 45.0 Å². The van der Waals surface area contributed by atoms with E-state index in [-0.39, 0.29) is 23.5 Å². The molecule has 3 aromatic carbocycles. The van der Waals surface area contributed by atoms with Gasteiger partial charge < -0.3 is 14.2 Å². The van der Waals surface area contributed by atoms with Crippen molar-refractivity contribution in [1.82, 2.24) is 8.75 Å². The van der Waals surface area contributed by atoms with Crippen molar-refractivity contribution in [3.8, 4) is 11.6 Å². The van der Waals surface area contributed by atoms with Crippen LogP contribution in [0.3, 0.4) is 0 Å². The first-order valence-corrected chi connectivity index (χ1v) is 12.5. The molecular formula is C30H34N3O4S+. The molecular weight excluding hydrogens is 498 g/mol. The van der Waals surface area contributed by atoms with E-state index >= 15 is 0 Å². The summed E-state index contributed by atoms with van der Waals surface area (Å²) in [5.74, 6) is -0.255. The Labute approximate surface area is 245 Å². The third-order valence-corrected chi connectivity index (χ3v) is 6.64. The van der Waals surface area contributed by atoms with Crippen molar-refractivity contribution in [2.75, 3.05) is 33.4 Å². The molecule has 1 aromatic heterocycles. The van der Waals surface area contributed by atoms with Gasteiger partial charge in [-0.25, -0.2) is 4.79 Å². The molecule has 0 spiro atoms. The van der Waals surface area contributed by atoms with E-state index in [2.05, 4.69) is 8.75 Å². The predicted molar refractivity (Wildman–Crippen MR) is 151 cm³/mol. The average Bonchev–Trinajstić information content (AvgIpc) is 3.49. The van der Waals surface area contributed by atoms with Gasteiger partial charge in [-0.15, -0.1) is 4.37 Å². The number of fused-ring (bicyclic) bond motifs is 2. The molecule has 0 radical (unpaired) electrons. The largest absolute Gasteiger partial charge is 0.518 e. The van der Waals surface area contributed by atoms with Gasteiger partial charge in [-0.1, -0.05) is 62.4 Å². The maximum absolute atomic E-state index is 12.7. The highest BCUT2D eigenvalue weighted by Crippen LogP contribution is 2.30. The number of likely N-dealkylation sites (N-methyl/N-ethyl adjacent to an activating group) is 1. The van der Waals surface area contributed by atoms with E-state index in [1.165, 1.54) is 0 Å². The molecule has 198 valence electrons. The number of quaternary nitrogens is 1. The number of carbonyl (C=O) groups excluding carboxylic acids is 1. The monoisotopic (exact) mass is 545 g/mol. The topological polar surface area (TPSA) is 70.5 Å². The van der Waals surface area contributed by atoms with Gasteiger partial charge in [-0.2, -0.15) is 4.37 Å². The Morgan fingerprint density at radius 3 is 2.71 bits per heavy atom. The highest BCUT2D eigenvalue weighted by atomic mass is 32.1. The second-order valence-corrected chi connectivity index (χ2v) is 9.50. The van der Waals surface area contributed by atoms with Gasteiger partial charge >= 0.3 is 6.16 Å². The van der Waals surface area contributed by atoms with Crippen LogP contribution in [0.2, 0.25) is 0 Å². The summed E-state index contributed by atoms with van der Waals surface area (Å²) in [6.45, 7) is -6.89. The zero-order valence-electron chi connectivity index (χ0n) is 33.5. The Morgan fingerprint density at radius 2 is 1.87 bits per heavy atom. The van der Waals surface area contributed by atoms with Crippen LogP contribution in [0.1, 0.15) is 62.3 Å². The number of benzene rings is 3. The highest BCUT2D eigenvalue weighted by Gasteiger charge is 2.31. The molecule has 8 heteroatoms. The molecule has 0 bridgehead atoms. The molecule has 0 saturated heterocycles. The molecule has 1 unspecified atom stereocenters. The number of ether oxygens (including phenoxy) is 3. The lowest BCUT2D eigenvalue weighted by Gasteiger charge is -2.36. The zero-order chi connectivity index (χ0) is 37.8. The minimum Gasteiger partial charge on any atom is -0.475 e. The zero-order valence-corrected chi connectivity index (χ0v) is 21.3. The molecule has 1 aliphatic rings. The summed E-state index contributed by atoms with van der Waals surface area (Å²) >= 11 is 0.583. The van der Waals surface area contributed by atoms with Crippen molar-refractivity contribution in [2.45, 2.75) is 38.8 Å². The predicted octanol–water partition coefficient (Wildman–Crippen LogP) is 7.21. The van der Waals surface area contributed by atoms with E-state index in [9.17, 15) is 4.79 Å².